The fraction of sp³-hybridized carbons (Fsp3) is 0.533. The minimum absolute atomic E-state index is 0.00905. The van der Waals surface area contributed by atoms with Crippen LogP contribution in [0.2, 0.25) is 18.1 Å². The van der Waals surface area contributed by atoms with Gasteiger partial charge in [-0.1, -0.05) is 39.0 Å². The summed E-state index contributed by atoms with van der Waals surface area (Å²) < 4.78 is 11.3. The van der Waals surface area contributed by atoms with Crippen LogP contribution >= 0.6 is 0 Å². The van der Waals surface area contributed by atoms with E-state index in [9.17, 15) is 4.79 Å². The largest absolute Gasteiger partial charge is 0.516 e. The van der Waals surface area contributed by atoms with E-state index < -0.39 is 14.4 Å². The number of hydrogen-bond acceptors (Lipinski definition) is 3. The first-order chi connectivity index (χ1) is 8.63. The Hall–Kier alpha value is -1.29. The molecule has 0 saturated heterocycles. The zero-order valence-corrected chi connectivity index (χ0v) is 13.7. The second-order valence-electron chi connectivity index (χ2n) is 6.25. The molecule has 0 N–H and O–H groups in total. The van der Waals surface area contributed by atoms with Crippen LogP contribution in [0.1, 0.15) is 27.7 Å². The van der Waals surface area contributed by atoms with E-state index in [1.807, 2.05) is 30.3 Å². The Morgan fingerprint density at radius 3 is 2.16 bits per heavy atom. The molecule has 0 heterocycles. The minimum atomic E-state index is -2.08. The predicted molar refractivity (Wildman–Crippen MR) is 79.8 cm³/mol. The third-order valence-corrected chi connectivity index (χ3v) is 7.87. The van der Waals surface area contributed by atoms with Gasteiger partial charge < -0.3 is 9.16 Å². The maximum Gasteiger partial charge on any atom is 0.333 e. The predicted octanol–water partition coefficient (Wildman–Crippen LogP) is 4.00. The summed E-state index contributed by atoms with van der Waals surface area (Å²) in [6, 6.07) is 9.32. The Bertz CT molecular complexity index is 421. The first-order valence-corrected chi connectivity index (χ1v) is 9.49. The lowest BCUT2D eigenvalue weighted by molar-refractivity contribution is -0.142. The molecule has 106 valence electrons. The van der Waals surface area contributed by atoms with Crippen molar-refractivity contribution in [1.29, 1.82) is 0 Å². The van der Waals surface area contributed by atoms with E-state index in [4.69, 9.17) is 9.16 Å². The third kappa shape index (κ3) is 4.38. The van der Waals surface area contributed by atoms with Crippen LogP contribution in [0, 0.1) is 0 Å². The van der Waals surface area contributed by atoms with Gasteiger partial charge in [0.15, 0.2) is 6.10 Å². The van der Waals surface area contributed by atoms with E-state index in [1.54, 1.807) is 6.92 Å². The number of para-hydroxylation sites is 1. The lowest BCUT2D eigenvalue weighted by atomic mass is 10.2. The van der Waals surface area contributed by atoms with Gasteiger partial charge in [-0.05, 0) is 37.2 Å². The maximum atomic E-state index is 12.1. The summed E-state index contributed by atoms with van der Waals surface area (Å²) in [5.74, 6) is 0.401. The van der Waals surface area contributed by atoms with Crippen LogP contribution in [0.25, 0.3) is 0 Å². The standard InChI is InChI=1S/C15H24O3Si/c1-12(17-13-10-8-7-9-11-13)14(16)18-19(5,6)15(2,3)4/h7-12H,1-6H3. The molecule has 0 spiro atoms. The Morgan fingerprint density at radius 1 is 1.16 bits per heavy atom. The zero-order valence-electron chi connectivity index (χ0n) is 12.7. The molecule has 1 aromatic carbocycles. The molecule has 1 rings (SSSR count). The van der Waals surface area contributed by atoms with E-state index in [-0.39, 0.29) is 11.0 Å². The molecule has 3 nitrogen and oxygen atoms in total. The smallest absolute Gasteiger partial charge is 0.333 e. The molecule has 1 aromatic rings. The van der Waals surface area contributed by atoms with Crippen LogP contribution in [0.15, 0.2) is 30.3 Å². The van der Waals surface area contributed by atoms with E-state index in [2.05, 4.69) is 33.9 Å². The summed E-state index contributed by atoms with van der Waals surface area (Å²) in [5.41, 5.74) is 0. The van der Waals surface area contributed by atoms with Gasteiger partial charge in [0.2, 0.25) is 0 Å². The average molecular weight is 280 g/mol. The summed E-state index contributed by atoms with van der Waals surface area (Å²) in [4.78, 5) is 12.1. The van der Waals surface area contributed by atoms with Crippen molar-refractivity contribution in [3.05, 3.63) is 30.3 Å². The Balaban J connectivity index is 2.64. The van der Waals surface area contributed by atoms with Gasteiger partial charge in [-0.25, -0.2) is 4.79 Å². The van der Waals surface area contributed by atoms with Gasteiger partial charge in [-0.3, -0.25) is 0 Å². The maximum absolute atomic E-state index is 12.1. The quantitative estimate of drug-likeness (QED) is 0.782. The van der Waals surface area contributed by atoms with Crippen molar-refractivity contribution in [2.24, 2.45) is 0 Å². The van der Waals surface area contributed by atoms with Gasteiger partial charge in [0, 0.05) is 0 Å². The second kappa shape index (κ2) is 5.78. The summed E-state index contributed by atoms with van der Waals surface area (Å²) >= 11 is 0. The third-order valence-electron chi connectivity index (χ3n) is 3.55. The van der Waals surface area contributed by atoms with E-state index in [0.717, 1.165) is 0 Å². The molecule has 0 fully saturated rings. The van der Waals surface area contributed by atoms with Gasteiger partial charge >= 0.3 is 5.97 Å². The number of carbonyl (C=O) groups excluding carboxylic acids is 1. The van der Waals surface area contributed by atoms with Crippen molar-refractivity contribution >= 4 is 14.3 Å². The van der Waals surface area contributed by atoms with Crippen LogP contribution in [0.3, 0.4) is 0 Å². The number of hydrogen-bond donors (Lipinski definition) is 0. The molecule has 0 aliphatic carbocycles. The highest BCUT2D eigenvalue weighted by Gasteiger charge is 2.41. The zero-order chi connectivity index (χ0) is 14.7. The number of carbonyl (C=O) groups is 1. The van der Waals surface area contributed by atoms with Crippen molar-refractivity contribution in [2.45, 2.75) is 51.9 Å². The Kier molecular flexibility index (Phi) is 4.79. The van der Waals surface area contributed by atoms with Crippen molar-refractivity contribution in [2.75, 3.05) is 0 Å². The summed E-state index contributed by atoms with van der Waals surface area (Å²) in [6.07, 6.45) is -0.587. The number of ether oxygens (including phenoxy) is 1. The van der Waals surface area contributed by atoms with Crippen molar-refractivity contribution in [1.82, 2.24) is 0 Å². The lowest BCUT2D eigenvalue weighted by Crippen LogP contribution is -2.45. The van der Waals surface area contributed by atoms with E-state index >= 15 is 0 Å². The molecule has 1 atom stereocenters. The van der Waals surface area contributed by atoms with Crippen LogP contribution in [-0.2, 0) is 9.22 Å². The van der Waals surface area contributed by atoms with Gasteiger partial charge in [0.1, 0.15) is 5.75 Å². The highest BCUT2D eigenvalue weighted by Crippen LogP contribution is 2.36. The molecule has 19 heavy (non-hydrogen) atoms. The van der Waals surface area contributed by atoms with E-state index in [1.165, 1.54) is 0 Å². The molecule has 0 aliphatic heterocycles. The Labute approximate surface area is 117 Å². The summed E-state index contributed by atoms with van der Waals surface area (Å²) in [7, 11) is -2.08. The number of rotatable bonds is 4. The molecule has 0 radical (unpaired) electrons. The molecular formula is C15H24O3Si. The summed E-state index contributed by atoms with van der Waals surface area (Å²) in [6.45, 7) is 12.2. The monoisotopic (exact) mass is 280 g/mol. The first-order valence-electron chi connectivity index (χ1n) is 6.58. The Morgan fingerprint density at radius 2 is 1.68 bits per heavy atom. The summed E-state index contributed by atoms with van der Waals surface area (Å²) in [5, 5.41) is 0.00905. The van der Waals surface area contributed by atoms with Crippen LogP contribution < -0.4 is 4.74 Å². The first kappa shape index (κ1) is 15.8. The van der Waals surface area contributed by atoms with Crippen molar-refractivity contribution in [3.8, 4) is 5.75 Å². The molecule has 0 aromatic heterocycles. The normalized spacial score (nSPS) is 13.8. The second-order valence-corrected chi connectivity index (χ2v) is 11.0. The molecule has 0 aliphatic rings. The highest BCUT2D eigenvalue weighted by molar-refractivity contribution is 6.75. The van der Waals surface area contributed by atoms with Crippen LogP contribution in [-0.4, -0.2) is 20.4 Å². The average Bonchev–Trinajstić information content (AvgIpc) is 2.28. The van der Waals surface area contributed by atoms with Crippen LogP contribution in [0.5, 0.6) is 5.75 Å². The van der Waals surface area contributed by atoms with Gasteiger partial charge in [-0.2, -0.15) is 0 Å². The topological polar surface area (TPSA) is 35.5 Å². The molecule has 0 saturated carbocycles. The van der Waals surface area contributed by atoms with Crippen LogP contribution in [0.4, 0.5) is 0 Å². The lowest BCUT2D eigenvalue weighted by Gasteiger charge is -2.36. The molecule has 0 bridgehead atoms. The fourth-order valence-electron chi connectivity index (χ4n) is 1.24. The molecular weight excluding hydrogens is 256 g/mol. The van der Waals surface area contributed by atoms with Crippen molar-refractivity contribution < 1.29 is 14.0 Å². The molecule has 4 heteroatoms. The molecule has 0 amide bonds. The van der Waals surface area contributed by atoms with Crippen molar-refractivity contribution in [3.63, 3.8) is 0 Å². The fourth-order valence-corrected chi connectivity index (χ4v) is 2.21. The number of benzene rings is 1. The van der Waals surface area contributed by atoms with E-state index in [0.29, 0.717) is 5.75 Å². The molecule has 1 unspecified atom stereocenters. The SMILES string of the molecule is CC(Oc1ccccc1)C(=O)O[Si](C)(C)C(C)(C)C. The van der Waals surface area contributed by atoms with Gasteiger partial charge in [0.25, 0.3) is 8.32 Å². The van der Waals surface area contributed by atoms with Gasteiger partial charge in [0.05, 0.1) is 0 Å². The highest BCUT2D eigenvalue weighted by atomic mass is 28.4. The van der Waals surface area contributed by atoms with Gasteiger partial charge in [-0.15, -0.1) is 0 Å². The minimum Gasteiger partial charge on any atom is -0.516 e.